The molecule has 162 valence electrons. The standard InChI is InChI=1S/C20H30O7S.Ca.2H/c1-12(2)19(5,6)26-17(21)14-9-15(11-16(10-14)28(23,24)25)18(22)27-20(7,8)13(3)4;;;/h9-13H,1-8H3,(H,23,24,25);;;/q;+2;2*-1. The van der Waals surface area contributed by atoms with Gasteiger partial charge in [0.15, 0.2) is 0 Å². The van der Waals surface area contributed by atoms with Gasteiger partial charge in [-0.25, -0.2) is 9.59 Å². The van der Waals surface area contributed by atoms with Gasteiger partial charge in [-0.05, 0) is 57.7 Å². The Balaban J connectivity index is -0.00000261. The molecule has 1 N–H and O–H groups in total. The van der Waals surface area contributed by atoms with Crippen LogP contribution < -0.4 is 0 Å². The number of rotatable bonds is 7. The van der Waals surface area contributed by atoms with E-state index in [4.69, 9.17) is 9.47 Å². The molecule has 1 rings (SSSR count). The Morgan fingerprint density at radius 3 is 1.41 bits per heavy atom. The van der Waals surface area contributed by atoms with E-state index in [0.29, 0.717) is 0 Å². The molecule has 0 saturated carbocycles. The second kappa shape index (κ2) is 10.1. The first-order chi connectivity index (χ1) is 12.5. The average Bonchev–Trinajstić information content (AvgIpc) is 2.52. The third kappa shape index (κ3) is 7.83. The van der Waals surface area contributed by atoms with Crippen molar-refractivity contribution in [3.05, 3.63) is 29.3 Å². The molecular formula is C20H32CaO7S. The first kappa shape index (κ1) is 28.3. The number of hydrogen-bond donors (Lipinski definition) is 1. The average molecular weight is 457 g/mol. The quantitative estimate of drug-likeness (QED) is 0.376. The van der Waals surface area contributed by atoms with Crippen molar-refractivity contribution < 1.29 is 34.9 Å². The summed E-state index contributed by atoms with van der Waals surface area (Å²) in [6.07, 6.45) is 0. The van der Waals surface area contributed by atoms with E-state index in [1.165, 1.54) is 6.07 Å². The van der Waals surface area contributed by atoms with Gasteiger partial charge in [-0.2, -0.15) is 8.42 Å². The molecule has 7 nitrogen and oxygen atoms in total. The van der Waals surface area contributed by atoms with Crippen LogP contribution in [0.5, 0.6) is 0 Å². The molecule has 1 aromatic carbocycles. The SMILES string of the molecule is CC(C)C(C)(C)OC(=O)c1cc(C(=O)OC(C)(C)C(C)C)cc(S(=O)(=O)O)c1.[Ca+2].[H-].[H-]. The van der Waals surface area contributed by atoms with Crippen molar-refractivity contribution in [3.63, 3.8) is 0 Å². The minimum absolute atomic E-state index is 0. The first-order valence-electron chi connectivity index (χ1n) is 9.06. The van der Waals surface area contributed by atoms with Gasteiger partial charge in [0.25, 0.3) is 10.1 Å². The summed E-state index contributed by atoms with van der Waals surface area (Å²) >= 11 is 0. The van der Waals surface area contributed by atoms with Gasteiger partial charge in [0.05, 0.1) is 16.0 Å². The van der Waals surface area contributed by atoms with Crippen molar-refractivity contribution in [1.82, 2.24) is 0 Å². The Bertz CT molecular complexity index is 814. The second-order valence-electron chi connectivity index (χ2n) is 8.52. The van der Waals surface area contributed by atoms with E-state index in [1.807, 2.05) is 27.7 Å². The Labute approximate surface area is 206 Å². The molecule has 0 atom stereocenters. The van der Waals surface area contributed by atoms with E-state index in [9.17, 15) is 22.6 Å². The summed E-state index contributed by atoms with van der Waals surface area (Å²) < 4.78 is 43.6. The van der Waals surface area contributed by atoms with Gasteiger partial charge < -0.3 is 12.3 Å². The minimum atomic E-state index is -4.65. The fourth-order valence-corrected chi connectivity index (χ4v) is 2.37. The van der Waals surface area contributed by atoms with Crippen molar-refractivity contribution in [1.29, 1.82) is 0 Å². The molecule has 0 unspecified atom stereocenters. The van der Waals surface area contributed by atoms with Gasteiger partial charge in [-0.15, -0.1) is 0 Å². The van der Waals surface area contributed by atoms with Crippen molar-refractivity contribution in [2.75, 3.05) is 0 Å². The van der Waals surface area contributed by atoms with Gasteiger partial charge in [-0.3, -0.25) is 4.55 Å². The van der Waals surface area contributed by atoms with Gasteiger partial charge in [-0.1, -0.05) is 27.7 Å². The van der Waals surface area contributed by atoms with Crippen molar-refractivity contribution in [2.45, 2.75) is 71.5 Å². The second-order valence-corrected chi connectivity index (χ2v) is 9.94. The summed E-state index contributed by atoms with van der Waals surface area (Å²) in [6, 6.07) is 3.14. The Kier molecular flexibility index (Phi) is 9.86. The molecule has 0 radical (unpaired) electrons. The van der Waals surface area contributed by atoms with E-state index < -0.39 is 38.2 Å². The molecule has 0 amide bonds. The van der Waals surface area contributed by atoms with E-state index in [1.54, 1.807) is 27.7 Å². The van der Waals surface area contributed by atoms with E-state index >= 15 is 0 Å². The Morgan fingerprint density at radius 2 is 1.17 bits per heavy atom. The summed E-state index contributed by atoms with van der Waals surface area (Å²) in [7, 11) is -4.65. The third-order valence-corrected chi connectivity index (χ3v) is 6.00. The molecule has 0 aromatic heterocycles. The predicted molar refractivity (Wildman–Crippen MR) is 113 cm³/mol. The predicted octanol–water partition coefficient (Wildman–Crippen LogP) is 3.96. The van der Waals surface area contributed by atoms with Gasteiger partial charge in [0.1, 0.15) is 11.2 Å². The van der Waals surface area contributed by atoms with Crippen molar-refractivity contribution in [3.8, 4) is 0 Å². The number of benzene rings is 1. The monoisotopic (exact) mass is 456 g/mol. The topological polar surface area (TPSA) is 107 Å². The third-order valence-electron chi connectivity index (χ3n) is 5.17. The zero-order valence-corrected chi connectivity index (χ0v) is 21.4. The molecule has 0 bridgehead atoms. The van der Waals surface area contributed by atoms with Crippen LogP contribution in [0.25, 0.3) is 0 Å². The molecule has 9 heteroatoms. The van der Waals surface area contributed by atoms with Crippen molar-refractivity contribution in [2.24, 2.45) is 11.8 Å². The van der Waals surface area contributed by atoms with E-state index in [-0.39, 0.29) is 63.6 Å². The van der Waals surface area contributed by atoms with Gasteiger partial charge in [0.2, 0.25) is 0 Å². The maximum atomic E-state index is 12.6. The molecule has 0 fully saturated rings. The molecule has 0 aliphatic carbocycles. The zero-order valence-electron chi connectivity index (χ0n) is 20.4. The smallest absolute Gasteiger partial charge is 1.00 e. The Morgan fingerprint density at radius 1 is 0.862 bits per heavy atom. The molecule has 0 saturated heterocycles. The van der Waals surface area contributed by atoms with Crippen LogP contribution in [0.15, 0.2) is 23.1 Å². The fourth-order valence-electron chi connectivity index (χ4n) is 1.82. The molecule has 0 heterocycles. The molecule has 0 aliphatic heterocycles. The summed E-state index contributed by atoms with van der Waals surface area (Å²) in [5.41, 5.74) is -1.96. The molecule has 29 heavy (non-hydrogen) atoms. The van der Waals surface area contributed by atoms with Crippen LogP contribution in [-0.2, 0) is 19.6 Å². The number of carbonyl (C=O) groups excluding carboxylic acids is 2. The normalized spacial score (nSPS) is 12.5. The molecule has 0 spiro atoms. The van der Waals surface area contributed by atoms with E-state index in [0.717, 1.165) is 12.1 Å². The summed E-state index contributed by atoms with van der Waals surface area (Å²) in [6.45, 7) is 14.4. The van der Waals surface area contributed by atoms with Crippen molar-refractivity contribution >= 4 is 59.8 Å². The summed E-state index contributed by atoms with van der Waals surface area (Å²) in [4.78, 5) is 24.5. The molecule has 0 aliphatic rings. The van der Waals surface area contributed by atoms with Crippen LogP contribution in [0.1, 0.15) is 79.0 Å². The number of esters is 2. The van der Waals surface area contributed by atoms with Gasteiger partial charge >= 0.3 is 49.7 Å². The van der Waals surface area contributed by atoms with Crippen LogP contribution in [0.2, 0.25) is 0 Å². The maximum Gasteiger partial charge on any atom is 2.00 e. The van der Waals surface area contributed by atoms with Crippen LogP contribution in [-0.4, -0.2) is 73.8 Å². The van der Waals surface area contributed by atoms with Crippen LogP contribution in [0.3, 0.4) is 0 Å². The molecule has 1 aromatic rings. The van der Waals surface area contributed by atoms with E-state index in [2.05, 4.69) is 0 Å². The number of carbonyl (C=O) groups is 2. The zero-order chi connectivity index (χ0) is 22.1. The van der Waals surface area contributed by atoms with Crippen LogP contribution in [0.4, 0.5) is 0 Å². The minimum Gasteiger partial charge on any atom is -1.00 e. The summed E-state index contributed by atoms with van der Waals surface area (Å²) in [5, 5.41) is 0. The van der Waals surface area contributed by atoms with Gasteiger partial charge in [0, 0.05) is 0 Å². The number of ether oxygens (including phenoxy) is 2. The van der Waals surface area contributed by atoms with Crippen LogP contribution in [0, 0.1) is 11.8 Å². The number of hydrogen-bond acceptors (Lipinski definition) is 6. The fraction of sp³-hybridized carbons (Fsp3) is 0.600. The largest absolute Gasteiger partial charge is 2.00 e. The first-order valence-corrected chi connectivity index (χ1v) is 10.5. The summed E-state index contributed by atoms with van der Waals surface area (Å²) in [5.74, 6) is -1.61. The maximum absolute atomic E-state index is 12.6. The Hall–Kier alpha value is -0.670. The van der Waals surface area contributed by atoms with Crippen LogP contribution >= 0.6 is 0 Å². The molecular weight excluding hydrogens is 424 g/mol.